The molecule has 1 saturated heterocycles. The van der Waals surface area contributed by atoms with E-state index in [9.17, 15) is 14.4 Å². The highest BCUT2D eigenvalue weighted by atomic mass is 16.2. The van der Waals surface area contributed by atoms with Gasteiger partial charge < -0.3 is 15.5 Å². The molecule has 2 fully saturated rings. The van der Waals surface area contributed by atoms with E-state index in [0.29, 0.717) is 43.7 Å². The zero-order chi connectivity index (χ0) is 23.2. The quantitative estimate of drug-likeness (QED) is 0.608. The summed E-state index contributed by atoms with van der Waals surface area (Å²) >= 11 is 0. The van der Waals surface area contributed by atoms with Crippen molar-refractivity contribution in [2.24, 2.45) is 17.8 Å². The fourth-order valence-electron chi connectivity index (χ4n) is 5.13. The zero-order valence-electron chi connectivity index (χ0n) is 18.5. The Morgan fingerprint density at radius 3 is 2.65 bits per heavy atom. The monoisotopic (exact) mass is 456 g/mol. The van der Waals surface area contributed by atoms with Gasteiger partial charge in [0.05, 0.1) is 18.4 Å². The van der Waals surface area contributed by atoms with Crippen LogP contribution in [0.4, 0.5) is 5.69 Å². The topological polar surface area (TPSA) is 109 Å². The molecule has 0 radical (unpaired) electrons. The van der Waals surface area contributed by atoms with Gasteiger partial charge in [-0.25, -0.2) is 0 Å². The molecule has 2 aromatic carbocycles. The summed E-state index contributed by atoms with van der Waals surface area (Å²) in [5.74, 6) is 0.272. The summed E-state index contributed by atoms with van der Waals surface area (Å²) in [5.41, 5.74) is 3.92. The van der Waals surface area contributed by atoms with Crippen molar-refractivity contribution in [2.45, 2.75) is 19.4 Å². The van der Waals surface area contributed by atoms with Gasteiger partial charge in [0, 0.05) is 36.7 Å². The fraction of sp³-hybridized carbons (Fsp3) is 0.320. The van der Waals surface area contributed by atoms with Crippen LogP contribution in [0.5, 0.6) is 0 Å². The van der Waals surface area contributed by atoms with Crippen molar-refractivity contribution in [1.82, 2.24) is 25.2 Å². The lowest BCUT2D eigenvalue weighted by Crippen LogP contribution is -2.35. The molecule has 2 N–H and O–H groups in total. The molecule has 3 aliphatic rings. The van der Waals surface area contributed by atoms with Crippen LogP contribution >= 0.6 is 0 Å². The first-order valence-electron chi connectivity index (χ1n) is 11.5. The highest BCUT2D eigenvalue weighted by Crippen LogP contribution is 2.52. The summed E-state index contributed by atoms with van der Waals surface area (Å²) in [6, 6.07) is 15.1. The number of piperidine rings is 1. The van der Waals surface area contributed by atoms with Crippen LogP contribution in [-0.2, 0) is 22.6 Å². The Bertz CT molecular complexity index is 1270. The van der Waals surface area contributed by atoms with Crippen LogP contribution in [0.25, 0.3) is 5.69 Å². The third-order valence-corrected chi connectivity index (χ3v) is 7.01. The van der Waals surface area contributed by atoms with Crippen LogP contribution in [0.1, 0.15) is 28.0 Å². The Labute approximate surface area is 196 Å². The zero-order valence-corrected chi connectivity index (χ0v) is 18.5. The minimum Gasteiger partial charge on any atom is -0.350 e. The minimum atomic E-state index is -0.0592. The molecule has 3 atom stereocenters. The highest BCUT2D eigenvalue weighted by molar-refractivity contribution is 5.99. The molecule has 1 aliphatic carbocycles. The van der Waals surface area contributed by atoms with Crippen molar-refractivity contribution in [3.63, 3.8) is 0 Å². The smallest absolute Gasteiger partial charge is 0.253 e. The molecule has 1 unspecified atom stereocenters. The van der Waals surface area contributed by atoms with Crippen molar-refractivity contribution in [1.29, 1.82) is 0 Å². The van der Waals surface area contributed by atoms with Gasteiger partial charge in [0.2, 0.25) is 11.8 Å². The number of hydrogen-bond donors (Lipinski definition) is 2. The van der Waals surface area contributed by atoms with Crippen LogP contribution in [0.2, 0.25) is 0 Å². The molecule has 0 bridgehead atoms. The van der Waals surface area contributed by atoms with E-state index in [-0.39, 0.29) is 35.5 Å². The first kappa shape index (κ1) is 20.6. The number of carbonyl (C=O) groups is 3. The molecule has 1 aromatic heterocycles. The number of benzene rings is 2. The lowest BCUT2D eigenvalue weighted by atomic mass is 10.0. The summed E-state index contributed by atoms with van der Waals surface area (Å²) in [4.78, 5) is 40.7. The van der Waals surface area contributed by atoms with E-state index in [2.05, 4.69) is 20.8 Å². The van der Waals surface area contributed by atoms with Gasteiger partial charge in [-0.2, -0.15) is 15.0 Å². The number of nitrogens with one attached hydrogen (secondary N) is 2. The van der Waals surface area contributed by atoms with E-state index in [4.69, 9.17) is 0 Å². The lowest BCUT2D eigenvalue weighted by Gasteiger charge is -2.22. The number of rotatable bonds is 5. The number of nitrogens with zero attached hydrogens (tertiary/aromatic N) is 4. The third-order valence-electron chi connectivity index (χ3n) is 7.01. The molecule has 172 valence electrons. The van der Waals surface area contributed by atoms with Gasteiger partial charge in [-0.1, -0.05) is 24.3 Å². The van der Waals surface area contributed by atoms with Crippen molar-refractivity contribution >= 4 is 23.4 Å². The number of aromatic nitrogens is 3. The first-order chi connectivity index (χ1) is 16.6. The molecule has 1 saturated carbocycles. The molecule has 0 spiro atoms. The average molecular weight is 457 g/mol. The number of carbonyl (C=O) groups excluding carboxylic acids is 3. The van der Waals surface area contributed by atoms with Crippen molar-refractivity contribution in [3.05, 3.63) is 71.5 Å². The Kier molecular flexibility index (Phi) is 4.90. The van der Waals surface area contributed by atoms with Gasteiger partial charge in [-0.05, 0) is 48.1 Å². The van der Waals surface area contributed by atoms with Crippen molar-refractivity contribution < 1.29 is 14.4 Å². The van der Waals surface area contributed by atoms with Crippen molar-refractivity contribution in [2.75, 3.05) is 18.4 Å². The predicted molar refractivity (Wildman–Crippen MR) is 123 cm³/mol. The maximum atomic E-state index is 13.0. The van der Waals surface area contributed by atoms with Gasteiger partial charge in [0.25, 0.3) is 5.91 Å². The number of aryl methyl sites for hydroxylation is 1. The van der Waals surface area contributed by atoms with Crippen LogP contribution in [0, 0.1) is 17.8 Å². The first-order valence-corrected chi connectivity index (χ1v) is 11.5. The maximum absolute atomic E-state index is 13.0. The number of para-hydroxylation sites is 1. The SMILES string of the molecule is O=C1CCc2ccc(C(=O)N3C[C@@H]4C(C(=O)NCc5cnn(-c6ccccc6)n5)[C@@H]4C3)cc2N1. The number of hydrogen-bond acceptors (Lipinski definition) is 5. The van der Waals surface area contributed by atoms with Crippen molar-refractivity contribution in [3.8, 4) is 5.69 Å². The van der Waals surface area contributed by atoms with Gasteiger partial charge in [0.15, 0.2) is 0 Å². The molecule has 2 aliphatic heterocycles. The summed E-state index contributed by atoms with van der Waals surface area (Å²) in [7, 11) is 0. The summed E-state index contributed by atoms with van der Waals surface area (Å²) in [6.45, 7) is 1.48. The number of anilines is 1. The molecule has 6 rings (SSSR count). The Morgan fingerprint density at radius 2 is 1.85 bits per heavy atom. The molecule has 3 heterocycles. The molecule has 3 aromatic rings. The summed E-state index contributed by atoms with van der Waals surface area (Å²) in [6.07, 6.45) is 2.83. The second-order valence-corrected chi connectivity index (χ2v) is 9.16. The highest BCUT2D eigenvalue weighted by Gasteiger charge is 2.60. The van der Waals surface area contributed by atoms with E-state index in [0.717, 1.165) is 16.9 Å². The Morgan fingerprint density at radius 1 is 1.06 bits per heavy atom. The molecule has 3 amide bonds. The number of amides is 3. The van der Waals surface area contributed by atoms with Gasteiger partial charge in [0.1, 0.15) is 5.69 Å². The predicted octanol–water partition coefficient (Wildman–Crippen LogP) is 1.79. The second kappa shape index (κ2) is 8.09. The summed E-state index contributed by atoms with van der Waals surface area (Å²) < 4.78 is 0. The van der Waals surface area contributed by atoms with E-state index >= 15 is 0 Å². The lowest BCUT2D eigenvalue weighted by molar-refractivity contribution is -0.123. The van der Waals surface area contributed by atoms with Crippen LogP contribution in [-0.4, -0.2) is 50.7 Å². The average Bonchev–Trinajstić information content (AvgIpc) is 3.18. The van der Waals surface area contributed by atoms with E-state index < -0.39 is 0 Å². The van der Waals surface area contributed by atoms with E-state index in [1.165, 1.54) is 0 Å². The van der Waals surface area contributed by atoms with Crippen LogP contribution < -0.4 is 10.6 Å². The third kappa shape index (κ3) is 3.72. The molecule has 9 nitrogen and oxygen atoms in total. The second-order valence-electron chi connectivity index (χ2n) is 9.16. The van der Waals surface area contributed by atoms with E-state index in [1.807, 2.05) is 47.4 Å². The Balaban J connectivity index is 1.02. The van der Waals surface area contributed by atoms with Gasteiger partial charge in [-0.3, -0.25) is 14.4 Å². The minimum absolute atomic E-state index is 0.00727. The molecular weight excluding hydrogens is 432 g/mol. The summed E-state index contributed by atoms with van der Waals surface area (Å²) in [5, 5.41) is 14.5. The standard InChI is InChI=1S/C25H24N6O3/c32-22-9-8-15-6-7-16(10-21(15)28-22)25(34)30-13-19-20(14-30)23(19)24(33)26-11-17-12-27-31(29-17)18-4-2-1-3-5-18/h1-7,10,12,19-20,23H,8-9,11,13-14H2,(H,26,33)(H,28,32)/t19-,20+,23?. The van der Waals surface area contributed by atoms with Crippen LogP contribution in [0.15, 0.2) is 54.7 Å². The van der Waals surface area contributed by atoms with Crippen LogP contribution in [0.3, 0.4) is 0 Å². The largest absolute Gasteiger partial charge is 0.350 e. The number of fused-ring (bicyclic) bond motifs is 2. The Hall–Kier alpha value is -4.01. The normalized spacial score (nSPS) is 22.5. The van der Waals surface area contributed by atoms with E-state index in [1.54, 1.807) is 17.1 Å². The molecule has 9 heteroatoms. The van der Waals surface area contributed by atoms with Gasteiger partial charge >= 0.3 is 0 Å². The number of likely N-dealkylation sites (tertiary alicyclic amines) is 1. The molecule has 34 heavy (non-hydrogen) atoms. The molecular formula is C25H24N6O3. The fourth-order valence-corrected chi connectivity index (χ4v) is 5.13. The van der Waals surface area contributed by atoms with Gasteiger partial charge in [-0.15, -0.1) is 0 Å². The maximum Gasteiger partial charge on any atom is 0.253 e.